The number of nitrogens with zero attached hydrogens (tertiary/aromatic N) is 2. The average Bonchev–Trinajstić information content (AvgIpc) is 2.84. The van der Waals surface area contributed by atoms with Gasteiger partial charge in [0.25, 0.3) is 0 Å². The summed E-state index contributed by atoms with van der Waals surface area (Å²) in [5.74, 6) is 6.55. The van der Waals surface area contributed by atoms with Gasteiger partial charge in [0.05, 0.1) is 7.11 Å². The van der Waals surface area contributed by atoms with E-state index in [9.17, 15) is 0 Å². The highest BCUT2D eigenvalue weighted by atomic mass is 16.5. The van der Waals surface area contributed by atoms with Crippen LogP contribution in [-0.2, 0) is 12.8 Å². The molecule has 17 heavy (non-hydrogen) atoms. The molecule has 0 spiro atoms. The maximum Gasteiger partial charge on any atom is 0.330 e. The van der Waals surface area contributed by atoms with Crippen LogP contribution in [0.2, 0.25) is 0 Å². The molecule has 3 N–H and O–H groups in total. The normalized spacial score (nSPS) is 10.2. The first-order valence-corrected chi connectivity index (χ1v) is 5.23. The summed E-state index contributed by atoms with van der Waals surface area (Å²) < 4.78 is 10.4. The molecular weight excluding hydrogens is 220 g/mol. The first kappa shape index (κ1) is 11.4. The highest BCUT2D eigenvalue weighted by Crippen LogP contribution is 2.14. The number of nitrogen functional groups attached to an aromatic ring is 1. The minimum absolute atomic E-state index is 0.227. The van der Waals surface area contributed by atoms with Gasteiger partial charge in [0.15, 0.2) is 0 Å². The van der Waals surface area contributed by atoms with E-state index < -0.39 is 0 Å². The van der Waals surface area contributed by atoms with Gasteiger partial charge in [-0.15, -0.1) is 5.10 Å². The molecule has 0 saturated heterocycles. The van der Waals surface area contributed by atoms with Crippen molar-refractivity contribution in [2.75, 3.05) is 12.5 Å². The predicted molar refractivity (Wildman–Crippen MR) is 62.5 cm³/mol. The molecule has 1 aromatic carbocycles. The standard InChI is InChI=1S/C11H14N4O2/c1-16-9-4-2-3-8(7-9)5-6-10-14-15-11(13-12)17-10/h2-4,7H,5-6,12H2,1H3,(H,13,15). The van der Waals surface area contributed by atoms with E-state index in [2.05, 4.69) is 15.6 Å². The van der Waals surface area contributed by atoms with Crippen molar-refractivity contribution >= 4 is 6.01 Å². The molecule has 6 heteroatoms. The van der Waals surface area contributed by atoms with Gasteiger partial charge in [0.2, 0.25) is 5.89 Å². The van der Waals surface area contributed by atoms with Crippen molar-refractivity contribution in [2.24, 2.45) is 5.84 Å². The summed E-state index contributed by atoms with van der Waals surface area (Å²) in [7, 11) is 1.65. The lowest BCUT2D eigenvalue weighted by molar-refractivity contribution is 0.414. The quantitative estimate of drug-likeness (QED) is 0.596. The lowest BCUT2D eigenvalue weighted by Gasteiger charge is -2.02. The molecule has 90 valence electrons. The van der Waals surface area contributed by atoms with Crippen LogP contribution in [0, 0.1) is 0 Å². The first-order valence-electron chi connectivity index (χ1n) is 5.23. The topological polar surface area (TPSA) is 86.2 Å². The number of aryl methyl sites for hydroxylation is 2. The van der Waals surface area contributed by atoms with Gasteiger partial charge in [-0.2, -0.15) is 0 Å². The zero-order chi connectivity index (χ0) is 12.1. The number of nitrogens with one attached hydrogen (secondary N) is 1. The number of hydrazine groups is 1. The number of ether oxygens (including phenoxy) is 1. The summed E-state index contributed by atoms with van der Waals surface area (Å²) in [4.78, 5) is 0. The zero-order valence-corrected chi connectivity index (χ0v) is 9.51. The minimum Gasteiger partial charge on any atom is -0.497 e. The average molecular weight is 234 g/mol. The van der Waals surface area contributed by atoms with Crippen LogP contribution < -0.4 is 16.0 Å². The second kappa shape index (κ2) is 5.31. The molecule has 0 fully saturated rings. The number of anilines is 1. The van der Waals surface area contributed by atoms with Crippen molar-refractivity contribution in [3.05, 3.63) is 35.7 Å². The zero-order valence-electron chi connectivity index (χ0n) is 9.51. The summed E-state index contributed by atoms with van der Waals surface area (Å²) in [6.45, 7) is 0. The van der Waals surface area contributed by atoms with Gasteiger partial charge in [-0.1, -0.05) is 17.2 Å². The molecule has 0 atom stereocenters. The third kappa shape index (κ3) is 2.94. The highest BCUT2D eigenvalue weighted by Gasteiger charge is 2.05. The predicted octanol–water partition coefficient (Wildman–Crippen LogP) is 1.15. The second-order valence-corrected chi connectivity index (χ2v) is 3.50. The van der Waals surface area contributed by atoms with Crippen LogP contribution in [0.3, 0.4) is 0 Å². The molecular formula is C11H14N4O2. The largest absolute Gasteiger partial charge is 0.497 e. The molecule has 2 rings (SSSR count). The molecule has 0 aliphatic heterocycles. The molecule has 0 amide bonds. The fraction of sp³-hybridized carbons (Fsp3) is 0.273. The number of aromatic nitrogens is 2. The minimum atomic E-state index is 0.227. The third-order valence-electron chi connectivity index (χ3n) is 2.35. The first-order chi connectivity index (χ1) is 8.31. The molecule has 6 nitrogen and oxygen atoms in total. The summed E-state index contributed by atoms with van der Waals surface area (Å²) in [6, 6.07) is 8.10. The Kier molecular flexibility index (Phi) is 3.56. The Morgan fingerprint density at radius 2 is 2.24 bits per heavy atom. The molecule has 0 saturated carbocycles. The molecule has 0 unspecified atom stereocenters. The summed E-state index contributed by atoms with van der Waals surface area (Å²) in [5.41, 5.74) is 3.46. The van der Waals surface area contributed by atoms with Gasteiger partial charge in [-0.05, 0) is 24.1 Å². The van der Waals surface area contributed by atoms with E-state index >= 15 is 0 Å². The number of hydrogen-bond acceptors (Lipinski definition) is 6. The van der Waals surface area contributed by atoms with Crippen LogP contribution in [0.25, 0.3) is 0 Å². The van der Waals surface area contributed by atoms with Crippen LogP contribution in [0.4, 0.5) is 6.01 Å². The second-order valence-electron chi connectivity index (χ2n) is 3.50. The molecule has 0 radical (unpaired) electrons. The molecule has 0 aliphatic carbocycles. The van der Waals surface area contributed by atoms with Crippen LogP contribution in [0.15, 0.2) is 28.7 Å². The Labute approximate surface area is 98.8 Å². The van der Waals surface area contributed by atoms with Gasteiger partial charge >= 0.3 is 6.01 Å². The van der Waals surface area contributed by atoms with Gasteiger partial charge < -0.3 is 9.15 Å². The van der Waals surface area contributed by atoms with Crippen LogP contribution >= 0.6 is 0 Å². The van der Waals surface area contributed by atoms with Crippen molar-refractivity contribution in [3.63, 3.8) is 0 Å². The van der Waals surface area contributed by atoms with Gasteiger partial charge in [0.1, 0.15) is 5.75 Å². The maximum absolute atomic E-state index is 5.22. The number of methoxy groups -OCH3 is 1. The summed E-state index contributed by atoms with van der Waals surface area (Å²) in [5, 5.41) is 7.56. The van der Waals surface area contributed by atoms with Gasteiger partial charge in [0, 0.05) is 6.42 Å². The Bertz CT molecular complexity index is 484. The lowest BCUT2D eigenvalue weighted by atomic mass is 10.1. The Morgan fingerprint density at radius 3 is 2.94 bits per heavy atom. The fourth-order valence-electron chi connectivity index (χ4n) is 1.49. The summed E-state index contributed by atoms with van der Waals surface area (Å²) in [6.07, 6.45) is 1.48. The van der Waals surface area contributed by atoms with E-state index in [1.165, 1.54) is 0 Å². The fourth-order valence-corrected chi connectivity index (χ4v) is 1.49. The van der Waals surface area contributed by atoms with E-state index in [1.54, 1.807) is 7.11 Å². The Hall–Kier alpha value is -2.08. The van der Waals surface area contributed by atoms with E-state index in [-0.39, 0.29) is 6.01 Å². The molecule has 1 heterocycles. The molecule has 0 aliphatic rings. The smallest absolute Gasteiger partial charge is 0.330 e. The van der Waals surface area contributed by atoms with Crippen LogP contribution in [0.1, 0.15) is 11.5 Å². The number of rotatable bonds is 5. The van der Waals surface area contributed by atoms with Crippen molar-refractivity contribution in [1.82, 2.24) is 10.2 Å². The Morgan fingerprint density at radius 1 is 1.35 bits per heavy atom. The van der Waals surface area contributed by atoms with Gasteiger partial charge in [-0.3, -0.25) is 5.43 Å². The molecule has 0 bridgehead atoms. The van der Waals surface area contributed by atoms with Crippen molar-refractivity contribution in [3.8, 4) is 5.75 Å². The molecule has 1 aromatic heterocycles. The van der Waals surface area contributed by atoms with Crippen LogP contribution in [-0.4, -0.2) is 17.3 Å². The van der Waals surface area contributed by atoms with Gasteiger partial charge in [-0.25, -0.2) is 5.84 Å². The van der Waals surface area contributed by atoms with Crippen molar-refractivity contribution < 1.29 is 9.15 Å². The van der Waals surface area contributed by atoms with Crippen molar-refractivity contribution in [2.45, 2.75) is 12.8 Å². The van der Waals surface area contributed by atoms with Crippen molar-refractivity contribution in [1.29, 1.82) is 0 Å². The lowest BCUT2D eigenvalue weighted by Crippen LogP contribution is -2.06. The maximum atomic E-state index is 5.22. The molecule has 2 aromatic rings. The number of hydrogen-bond donors (Lipinski definition) is 2. The van der Waals surface area contributed by atoms with Crippen LogP contribution in [0.5, 0.6) is 5.75 Å². The van der Waals surface area contributed by atoms with E-state index in [1.807, 2.05) is 24.3 Å². The summed E-state index contributed by atoms with van der Waals surface area (Å²) >= 11 is 0. The number of benzene rings is 1. The van der Waals surface area contributed by atoms with E-state index in [0.29, 0.717) is 12.3 Å². The third-order valence-corrected chi connectivity index (χ3v) is 2.35. The van der Waals surface area contributed by atoms with E-state index in [4.69, 9.17) is 15.0 Å². The van der Waals surface area contributed by atoms with E-state index in [0.717, 1.165) is 17.7 Å². The SMILES string of the molecule is COc1cccc(CCc2nnc(NN)o2)c1. The number of nitrogens with two attached hydrogens (primary N) is 1. The monoisotopic (exact) mass is 234 g/mol. The highest BCUT2D eigenvalue weighted by molar-refractivity contribution is 5.28. The Balaban J connectivity index is 1.96.